The van der Waals surface area contributed by atoms with E-state index in [-0.39, 0.29) is 5.54 Å². The van der Waals surface area contributed by atoms with Gasteiger partial charge in [-0.05, 0) is 18.9 Å². The van der Waals surface area contributed by atoms with Crippen molar-refractivity contribution < 1.29 is 9.47 Å². The molecule has 0 amide bonds. The standard InChI is InChI=1S/C13H20N2O2/c1-16-10-6-9-15-12(17-2)11(10)13(14)7-4-3-5-8-13/h6,9H,3-5,7-8,14H2,1-2H3. The second-order valence-corrected chi connectivity index (χ2v) is 4.61. The van der Waals surface area contributed by atoms with Crippen LogP contribution in [0.25, 0.3) is 0 Å². The smallest absolute Gasteiger partial charge is 0.221 e. The Bertz CT molecular complexity index is 365. The largest absolute Gasteiger partial charge is 0.496 e. The lowest BCUT2D eigenvalue weighted by molar-refractivity contribution is 0.272. The first-order valence-corrected chi connectivity index (χ1v) is 6.07. The van der Waals surface area contributed by atoms with E-state index in [2.05, 4.69) is 4.98 Å². The van der Waals surface area contributed by atoms with E-state index in [0.29, 0.717) is 5.88 Å². The highest BCUT2D eigenvalue weighted by molar-refractivity contribution is 5.45. The maximum absolute atomic E-state index is 6.53. The van der Waals surface area contributed by atoms with E-state index in [1.165, 1.54) is 6.42 Å². The maximum Gasteiger partial charge on any atom is 0.221 e. The molecule has 1 saturated carbocycles. The van der Waals surface area contributed by atoms with Crippen molar-refractivity contribution in [3.05, 3.63) is 17.8 Å². The number of rotatable bonds is 3. The van der Waals surface area contributed by atoms with Crippen LogP contribution in [0.3, 0.4) is 0 Å². The van der Waals surface area contributed by atoms with Crippen LogP contribution in [-0.4, -0.2) is 19.2 Å². The van der Waals surface area contributed by atoms with Crippen molar-refractivity contribution in [2.24, 2.45) is 5.73 Å². The zero-order chi connectivity index (χ0) is 12.3. The molecule has 1 aliphatic carbocycles. The van der Waals surface area contributed by atoms with Crippen molar-refractivity contribution in [2.75, 3.05) is 14.2 Å². The molecule has 0 aromatic carbocycles. The molecule has 1 aliphatic rings. The van der Waals surface area contributed by atoms with Gasteiger partial charge >= 0.3 is 0 Å². The van der Waals surface area contributed by atoms with Crippen molar-refractivity contribution in [1.29, 1.82) is 0 Å². The fourth-order valence-electron chi connectivity index (χ4n) is 2.64. The molecule has 0 aliphatic heterocycles. The van der Waals surface area contributed by atoms with E-state index < -0.39 is 0 Å². The lowest BCUT2D eigenvalue weighted by Gasteiger charge is -2.35. The van der Waals surface area contributed by atoms with Crippen molar-refractivity contribution in [3.63, 3.8) is 0 Å². The number of methoxy groups -OCH3 is 2. The molecule has 0 saturated heterocycles. The van der Waals surface area contributed by atoms with Gasteiger partial charge in [0.2, 0.25) is 5.88 Å². The summed E-state index contributed by atoms with van der Waals surface area (Å²) in [6, 6.07) is 1.85. The molecule has 0 atom stereocenters. The summed E-state index contributed by atoms with van der Waals surface area (Å²) in [6.07, 6.45) is 7.17. The molecule has 1 heterocycles. The Balaban J connectivity index is 2.47. The van der Waals surface area contributed by atoms with Crippen LogP contribution in [0.15, 0.2) is 12.3 Å². The predicted molar refractivity (Wildman–Crippen MR) is 66.3 cm³/mol. The van der Waals surface area contributed by atoms with Gasteiger partial charge in [0.05, 0.1) is 25.3 Å². The maximum atomic E-state index is 6.53. The zero-order valence-electron chi connectivity index (χ0n) is 10.5. The quantitative estimate of drug-likeness (QED) is 0.874. The third-order valence-electron chi connectivity index (χ3n) is 3.53. The van der Waals surface area contributed by atoms with Gasteiger partial charge in [-0.2, -0.15) is 0 Å². The molecular weight excluding hydrogens is 216 g/mol. The minimum Gasteiger partial charge on any atom is -0.496 e. The summed E-state index contributed by atoms with van der Waals surface area (Å²) in [6.45, 7) is 0. The highest BCUT2D eigenvalue weighted by atomic mass is 16.5. The Morgan fingerprint density at radius 1 is 1.18 bits per heavy atom. The number of hydrogen-bond acceptors (Lipinski definition) is 4. The minimum absolute atomic E-state index is 0.358. The molecule has 94 valence electrons. The van der Waals surface area contributed by atoms with E-state index in [0.717, 1.165) is 37.0 Å². The highest BCUT2D eigenvalue weighted by Gasteiger charge is 2.35. The minimum atomic E-state index is -0.358. The molecule has 1 aromatic rings. The van der Waals surface area contributed by atoms with Gasteiger partial charge in [-0.25, -0.2) is 4.98 Å². The van der Waals surface area contributed by atoms with Gasteiger partial charge in [0.1, 0.15) is 5.75 Å². The Labute approximate surface area is 102 Å². The molecule has 17 heavy (non-hydrogen) atoms. The Kier molecular flexibility index (Phi) is 3.52. The van der Waals surface area contributed by atoms with Crippen molar-refractivity contribution >= 4 is 0 Å². The van der Waals surface area contributed by atoms with Gasteiger partial charge in [0.25, 0.3) is 0 Å². The van der Waals surface area contributed by atoms with Crippen LogP contribution in [0.5, 0.6) is 11.6 Å². The van der Waals surface area contributed by atoms with E-state index in [1.54, 1.807) is 20.4 Å². The van der Waals surface area contributed by atoms with Crippen LogP contribution in [-0.2, 0) is 5.54 Å². The molecule has 0 bridgehead atoms. The summed E-state index contributed by atoms with van der Waals surface area (Å²) < 4.78 is 10.7. The molecule has 4 heteroatoms. The molecule has 1 aromatic heterocycles. The van der Waals surface area contributed by atoms with Gasteiger partial charge in [0, 0.05) is 6.20 Å². The van der Waals surface area contributed by atoms with Crippen LogP contribution in [0.4, 0.5) is 0 Å². The Hall–Kier alpha value is -1.29. The van der Waals surface area contributed by atoms with E-state index >= 15 is 0 Å². The lowest BCUT2D eigenvalue weighted by atomic mass is 9.77. The molecule has 4 nitrogen and oxygen atoms in total. The summed E-state index contributed by atoms with van der Waals surface area (Å²) in [5.74, 6) is 1.37. The summed E-state index contributed by atoms with van der Waals surface area (Å²) in [4.78, 5) is 4.24. The van der Waals surface area contributed by atoms with Crippen molar-refractivity contribution in [2.45, 2.75) is 37.6 Å². The topological polar surface area (TPSA) is 57.4 Å². The Morgan fingerprint density at radius 2 is 1.88 bits per heavy atom. The Morgan fingerprint density at radius 3 is 2.47 bits per heavy atom. The van der Waals surface area contributed by atoms with Gasteiger partial charge in [-0.15, -0.1) is 0 Å². The van der Waals surface area contributed by atoms with Gasteiger partial charge < -0.3 is 15.2 Å². The molecule has 2 rings (SSSR count). The van der Waals surface area contributed by atoms with Crippen LogP contribution in [0.1, 0.15) is 37.7 Å². The highest BCUT2D eigenvalue weighted by Crippen LogP contribution is 2.42. The summed E-state index contributed by atoms with van der Waals surface area (Å²) in [5, 5.41) is 0. The van der Waals surface area contributed by atoms with Gasteiger partial charge in [-0.1, -0.05) is 19.3 Å². The molecule has 0 radical (unpaired) electrons. The first-order chi connectivity index (χ1) is 8.21. The normalized spacial score (nSPS) is 18.8. The zero-order valence-corrected chi connectivity index (χ0v) is 10.5. The predicted octanol–water partition coefficient (Wildman–Crippen LogP) is 2.22. The number of hydrogen-bond donors (Lipinski definition) is 1. The molecule has 0 unspecified atom stereocenters. The van der Waals surface area contributed by atoms with Crippen molar-refractivity contribution in [3.8, 4) is 11.6 Å². The number of aromatic nitrogens is 1. The fraction of sp³-hybridized carbons (Fsp3) is 0.615. The molecule has 1 fully saturated rings. The van der Waals surface area contributed by atoms with Crippen LogP contribution in [0.2, 0.25) is 0 Å². The monoisotopic (exact) mass is 236 g/mol. The van der Waals surface area contributed by atoms with Gasteiger partial charge in [0.15, 0.2) is 0 Å². The summed E-state index contributed by atoms with van der Waals surface area (Å²) in [5.41, 5.74) is 7.10. The van der Waals surface area contributed by atoms with Crippen LogP contribution >= 0.6 is 0 Å². The number of ether oxygens (including phenoxy) is 2. The van der Waals surface area contributed by atoms with E-state index in [9.17, 15) is 0 Å². The second kappa shape index (κ2) is 4.92. The van der Waals surface area contributed by atoms with E-state index in [4.69, 9.17) is 15.2 Å². The summed E-state index contributed by atoms with van der Waals surface area (Å²) in [7, 11) is 3.28. The number of nitrogens with zero attached hydrogens (tertiary/aromatic N) is 1. The lowest BCUT2D eigenvalue weighted by Crippen LogP contribution is -2.39. The molecule has 0 spiro atoms. The van der Waals surface area contributed by atoms with Crippen LogP contribution < -0.4 is 15.2 Å². The fourth-order valence-corrected chi connectivity index (χ4v) is 2.64. The third kappa shape index (κ3) is 2.22. The van der Waals surface area contributed by atoms with Crippen LogP contribution in [0, 0.1) is 0 Å². The van der Waals surface area contributed by atoms with E-state index in [1.807, 2.05) is 6.07 Å². The van der Waals surface area contributed by atoms with Crippen molar-refractivity contribution in [1.82, 2.24) is 4.98 Å². The second-order valence-electron chi connectivity index (χ2n) is 4.61. The number of pyridine rings is 1. The molecule has 2 N–H and O–H groups in total. The first kappa shape index (κ1) is 12.2. The third-order valence-corrected chi connectivity index (χ3v) is 3.53. The van der Waals surface area contributed by atoms with Gasteiger partial charge in [-0.3, -0.25) is 0 Å². The SMILES string of the molecule is COc1ccnc(OC)c1C1(N)CCCCC1. The molecular formula is C13H20N2O2. The first-order valence-electron chi connectivity index (χ1n) is 6.07. The number of nitrogens with two attached hydrogens (primary N) is 1. The summed E-state index contributed by atoms with van der Waals surface area (Å²) >= 11 is 0. The average Bonchev–Trinajstić information content (AvgIpc) is 2.38. The average molecular weight is 236 g/mol.